The van der Waals surface area contributed by atoms with E-state index >= 15 is 0 Å². The fourth-order valence-corrected chi connectivity index (χ4v) is 2.25. The van der Waals surface area contributed by atoms with Gasteiger partial charge in [0.1, 0.15) is 16.8 Å². The van der Waals surface area contributed by atoms with Crippen molar-refractivity contribution in [3.63, 3.8) is 0 Å². The molecule has 0 fully saturated rings. The van der Waals surface area contributed by atoms with E-state index in [9.17, 15) is 13.2 Å². The predicted molar refractivity (Wildman–Crippen MR) is 90.8 cm³/mol. The highest BCUT2D eigenvalue weighted by Crippen LogP contribution is 2.26. The van der Waals surface area contributed by atoms with Gasteiger partial charge in [-0.1, -0.05) is 12.1 Å². The number of hydrogen-bond donors (Lipinski definition) is 2. The van der Waals surface area contributed by atoms with Crippen molar-refractivity contribution in [2.45, 2.75) is 6.18 Å². The predicted octanol–water partition coefficient (Wildman–Crippen LogP) is 3.02. The highest BCUT2D eigenvalue weighted by atomic mass is 32.1. The number of aromatic nitrogens is 3. The maximum Gasteiger partial charge on any atom is 0.422 e. The highest BCUT2D eigenvalue weighted by Gasteiger charge is 2.28. The molecular formula is C15H12F3N5OS. The Morgan fingerprint density at radius 3 is 2.36 bits per heavy atom. The van der Waals surface area contributed by atoms with Gasteiger partial charge in [-0.15, -0.1) is 10.2 Å². The Bertz CT molecular complexity index is 892. The zero-order chi connectivity index (χ0) is 18.0. The van der Waals surface area contributed by atoms with Crippen molar-refractivity contribution < 1.29 is 17.9 Å². The van der Waals surface area contributed by atoms with Gasteiger partial charge < -0.3 is 15.8 Å². The summed E-state index contributed by atoms with van der Waals surface area (Å²) >= 11 is 4.76. The zero-order valence-corrected chi connectivity index (χ0v) is 13.4. The van der Waals surface area contributed by atoms with Gasteiger partial charge >= 0.3 is 6.18 Å². The van der Waals surface area contributed by atoms with Crippen molar-refractivity contribution in [2.75, 3.05) is 11.9 Å². The molecule has 6 nitrogen and oxygen atoms in total. The number of fused-ring (bicyclic) bond motifs is 1. The van der Waals surface area contributed by atoms with E-state index in [0.717, 1.165) is 0 Å². The van der Waals surface area contributed by atoms with Crippen molar-refractivity contribution in [2.24, 2.45) is 5.73 Å². The van der Waals surface area contributed by atoms with Gasteiger partial charge in [0, 0.05) is 17.8 Å². The van der Waals surface area contributed by atoms with Crippen LogP contribution in [0.4, 0.5) is 18.9 Å². The first-order chi connectivity index (χ1) is 11.8. The lowest BCUT2D eigenvalue weighted by atomic mass is 10.2. The monoisotopic (exact) mass is 367 g/mol. The molecule has 1 aromatic heterocycles. The van der Waals surface area contributed by atoms with Crippen LogP contribution in [0.3, 0.4) is 0 Å². The van der Waals surface area contributed by atoms with Crippen molar-refractivity contribution in [1.82, 2.24) is 15.0 Å². The average Bonchev–Trinajstić information content (AvgIpc) is 2.95. The second-order valence-electron chi connectivity index (χ2n) is 5.09. The molecule has 0 bridgehead atoms. The summed E-state index contributed by atoms with van der Waals surface area (Å²) in [5, 5.41) is 11.2. The maximum absolute atomic E-state index is 12.4. The van der Waals surface area contributed by atoms with Crippen LogP contribution in [0.5, 0.6) is 5.75 Å². The fraction of sp³-hybridized carbons (Fsp3) is 0.133. The highest BCUT2D eigenvalue weighted by molar-refractivity contribution is 7.80. The average molecular weight is 367 g/mol. The van der Waals surface area contributed by atoms with Gasteiger partial charge in [-0.25, -0.2) is 0 Å². The first-order valence-corrected chi connectivity index (χ1v) is 7.44. The van der Waals surface area contributed by atoms with Crippen LogP contribution in [0, 0.1) is 0 Å². The molecule has 10 heteroatoms. The minimum Gasteiger partial charge on any atom is -0.484 e. The molecule has 0 aliphatic rings. The summed E-state index contributed by atoms with van der Waals surface area (Å²) in [6.45, 7) is -1.42. The number of thiocarbonyl (C=S) groups is 1. The van der Waals surface area contributed by atoms with Gasteiger partial charge in [-0.05, 0) is 30.4 Å². The first kappa shape index (κ1) is 17.0. The molecule has 0 aliphatic carbocycles. The number of rotatable bonds is 4. The zero-order valence-electron chi connectivity index (χ0n) is 12.6. The van der Waals surface area contributed by atoms with E-state index in [-0.39, 0.29) is 10.9 Å². The molecule has 0 saturated heterocycles. The van der Waals surface area contributed by atoms with Crippen molar-refractivity contribution in [3.8, 4) is 11.4 Å². The van der Waals surface area contributed by atoms with E-state index in [1.807, 2.05) is 12.1 Å². The molecule has 0 atom stereocenters. The maximum atomic E-state index is 12.4. The fourth-order valence-electron chi connectivity index (χ4n) is 2.14. The molecule has 0 amide bonds. The number of halogens is 3. The number of hydrogen-bond acceptors (Lipinski definition) is 4. The smallest absolute Gasteiger partial charge is 0.422 e. The molecule has 0 spiro atoms. The Hall–Kier alpha value is -2.88. The number of alkyl halides is 3. The van der Waals surface area contributed by atoms with Crippen LogP contribution in [-0.2, 0) is 0 Å². The molecule has 0 saturated carbocycles. The third-order valence-electron chi connectivity index (χ3n) is 3.08. The van der Waals surface area contributed by atoms with E-state index in [1.165, 1.54) is 16.9 Å². The van der Waals surface area contributed by atoms with E-state index < -0.39 is 12.8 Å². The van der Waals surface area contributed by atoms with E-state index in [0.29, 0.717) is 22.4 Å². The van der Waals surface area contributed by atoms with Crippen LogP contribution in [0.15, 0.2) is 42.5 Å². The molecule has 1 heterocycles. The normalized spacial score (nSPS) is 11.5. The van der Waals surface area contributed by atoms with Gasteiger partial charge in [-0.3, -0.25) is 0 Å². The standard InChI is InChI=1S/C15H12F3N5OS/c16-15(17,18)8-24-11-6-9(20-14(19)25)5-10(7-11)23-21-12-3-1-2-4-13(12)22-23/h1-7H,8H2,(H3,19,20,25). The summed E-state index contributed by atoms with van der Waals surface area (Å²) in [6, 6.07) is 11.5. The Labute approximate surface area is 145 Å². The lowest BCUT2D eigenvalue weighted by molar-refractivity contribution is -0.153. The van der Waals surface area contributed by atoms with Crippen molar-refractivity contribution >= 4 is 34.1 Å². The van der Waals surface area contributed by atoms with Crippen molar-refractivity contribution in [3.05, 3.63) is 42.5 Å². The van der Waals surface area contributed by atoms with Gasteiger partial charge in [0.25, 0.3) is 0 Å². The summed E-state index contributed by atoms with van der Waals surface area (Å²) < 4.78 is 42.0. The Morgan fingerprint density at radius 1 is 1.16 bits per heavy atom. The Morgan fingerprint density at radius 2 is 1.80 bits per heavy atom. The van der Waals surface area contributed by atoms with Gasteiger partial charge in [-0.2, -0.15) is 18.0 Å². The summed E-state index contributed by atoms with van der Waals surface area (Å²) in [6.07, 6.45) is -4.45. The third-order valence-corrected chi connectivity index (χ3v) is 3.18. The quantitative estimate of drug-likeness (QED) is 0.691. The molecule has 0 aliphatic heterocycles. The minimum absolute atomic E-state index is 0.0186. The summed E-state index contributed by atoms with van der Waals surface area (Å²) in [7, 11) is 0. The molecule has 25 heavy (non-hydrogen) atoms. The topological polar surface area (TPSA) is 78.0 Å². The van der Waals surface area contributed by atoms with Crippen LogP contribution in [0.1, 0.15) is 0 Å². The number of nitrogens with zero attached hydrogens (tertiary/aromatic N) is 3. The molecule has 2 aromatic carbocycles. The number of nitrogens with two attached hydrogens (primary N) is 1. The molecule has 3 rings (SSSR count). The summed E-state index contributed by atoms with van der Waals surface area (Å²) in [4.78, 5) is 1.30. The molecule has 130 valence electrons. The lowest BCUT2D eigenvalue weighted by Gasteiger charge is -2.13. The summed E-state index contributed by atoms with van der Waals surface area (Å²) in [5.41, 5.74) is 7.48. The van der Waals surface area contributed by atoms with Gasteiger partial charge in [0.15, 0.2) is 11.7 Å². The number of benzene rings is 2. The number of ether oxygens (including phenoxy) is 1. The van der Waals surface area contributed by atoms with E-state index in [2.05, 4.69) is 15.5 Å². The third kappa shape index (κ3) is 4.35. The van der Waals surface area contributed by atoms with Crippen LogP contribution in [-0.4, -0.2) is 32.9 Å². The molecular weight excluding hydrogens is 355 g/mol. The first-order valence-electron chi connectivity index (χ1n) is 7.04. The SMILES string of the molecule is NC(=S)Nc1cc(OCC(F)(F)F)cc(-n2nc3ccccc3n2)c1. The Balaban J connectivity index is 2.00. The largest absolute Gasteiger partial charge is 0.484 e. The minimum atomic E-state index is -4.45. The lowest BCUT2D eigenvalue weighted by Crippen LogP contribution is -2.20. The summed E-state index contributed by atoms with van der Waals surface area (Å²) in [5.74, 6) is -0.0186. The molecule has 3 aromatic rings. The number of nitrogens with one attached hydrogen (secondary N) is 1. The number of anilines is 1. The van der Waals surface area contributed by atoms with E-state index in [1.54, 1.807) is 18.2 Å². The second kappa shape index (κ2) is 6.55. The van der Waals surface area contributed by atoms with Crippen LogP contribution in [0.25, 0.3) is 16.7 Å². The molecule has 0 radical (unpaired) electrons. The van der Waals surface area contributed by atoms with Crippen molar-refractivity contribution in [1.29, 1.82) is 0 Å². The van der Waals surface area contributed by atoms with Crippen LogP contribution < -0.4 is 15.8 Å². The van der Waals surface area contributed by atoms with Crippen LogP contribution >= 0.6 is 12.2 Å². The Kier molecular flexibility index (Phi) is 4.45. The molecule has 3 N–H and O–H groups in total. The second-order valence-corrected chi connectivity index (χ2v) is 5.53. The van der Waals surface area contributed by atoms with Gasteiger partial charge in [0.05, 0.1) is 5.69 Å². The van der Waals surface area contributed by atoms with Gasteiger partial charge in [0.2, 0.25) is 0 Å². The van der Waals surface area contributed by atoms with Crippen LogP contribution in [0.2, 0.25) is 0 Å². The van der Waals surface area contributed by atoms with E-state index in [4.69, 9.17) is 22.7 Å². The molecule has 0 unspecified atom stereocenters.